The van der Waals surface area contributed by atoms with Gasteiger partial charge in [0.15, 0.2) is 0 Å². The third-order valence-corrected chi connectivity index (χ3v) is 4.97. The van der Waals surface area contributed by atoms with E-state index in [1.807, 2.05) is 41.1 Å². The quantitative estimate of drug-likeness (QED) is 0.444. The van der Waals surface area contributed by atoms with E-state index >= 15 is 0 Å². The molecule has 0 bridgehead atoms. The molecule has 2 aromatic carbocycles. The van der Waals surface area contributed by atoms with Gasteiger partial charge in [-0.15, -0.1) is 0 Å². The molecule has 3 aromatic rings. The minimum Gasteiger partial charge on any atom is -0.345 e. The molecule has 0 saturated heterocycles. The van der Waals surface area contributed by atoms with Crippen LogP contribution in [0.15, 0.2) is 72.9 Å². The highest BCUT2D eigenvalue weighted by Crippen LogP contribution is 2.29. The summed E-state index contributed by atoms with van der Waals surface area (Å²) in [5.74, 6) is -0.0455. The van der Waals surface area contributed by atoms with Gasteiger partial charge >= 0.3 is 6.18 Å². The number of benzene rings is 2. The van der Waals surface area contributed by atoms with Gasteiger partial charge < -0.3 is 9.47 Å². The Kier molecular flexibility index (Phi) is 6.98. The van der Waals surface area contributed by atoms with Gasteiger partial charge in [0.25, 0.3) is 5.91 Å². The van der Waals surface area contributed by atoms with Gasteiger partial charge in [-0.05, 0) is 48.4 Å². The smallest absolute Gasteiger partial charge is 0.345 e. The Morgan fingerprint density at radius 1 is 1.00 bits per heavy atom. The summed E-state index contributed by atoms with van der Waals surface area (Å²) in [6, 6.07) is 18.2. The Hall–Kier alpha value is -3.02. The van der Waals surface area contributed by atoms with Crippen molar-refractivity contribution < 1.29 is 18.0 Å². The Labute approximate surface area is 174 Å². The summed E-state index contributed by atoms with van der Waals surface area (Å²) in [4.78, 5) is 14.8. The number of aromatic nitrogens is 1. The van der Waals surface area contributed by atoms with E-state index in [1.54, 1.807) is 23.1 Å². The van der Waals surface area contributed by atoms with Crippen LogP contribution in [0.1, 0.15) is 46.9 Å². The molecule has 30 heavy (non-hydrogen) atoms. The van der Waals surface area contributed by atoms with Crippen molar-refractivity contribution in [3.05, 3.63) is 95.3 Å². The molecule has 1 aromatic heterocycles. The molecule has 0 saturated carbocycles. The van der Waals surface area contributed by atoms with Crippen molar-refractivity contribution in [2.45, 2.75) is 39.0 Å². The largest absolute Gasteiger partial charge is 0.416 e. The second-order valence-electron chi connectivity index (χ2n) is 7.27. The predicted octanol–water partition coefficient (Wildman–Crippen LogP) is 6.00. The zero-order chi connectivity index (χ0) is 21.6. The van der Waals surface area contributed by atoms with E-state index in [0.717, 1.165) is 24.6 Å². The molecule has 0 fully saturated rings. The topological polar surface area (TPSA) is 25.2 Å². The standard InChI is InChI=1S/C24H25F3N2O/c1-2-3-14-29(23(30)20-10-5-4-6-11-20)18-22-13-8-15-28(22)17-19-9-7-12-21(16-19)24(25,26)27/h4-13,15-16H,2-3,14,17-18H2,1H3. The van der Waals surface area contributed by atoms with Crippen LogP contribution in [0.2, 0.25) is 0 Å². The van der Waals surface area contributed by atoms with E-state index in [2.05, 4.69) is 6.92 Å². The highest BCUT2D eigenvalue weighted by Gasteiger charge is 2.30. The second kappa shape index (κ2) is 9.65. The van der Waals surface area contributed by atoms with Gasteiger partial charge in [-0.2, -0.15) is 13.2 Å². The lowest BCUT2D eigenvalue weighted by molar-refractivity contribution is -0.137. The number of hydrogen-bond donors (Lipinski definition) is 0. The minimum atomic E-state index is -4.37. The van der Waals surface area contributed by atoms with Crippen LogP contribution in [0, 0.1) is 0 Å². The predicted molar refractivity (Wildman–Crippen MR) is 111 cm³/mol. The lowest BCUT2D eigenvalue weighted by Crippen LogP contribution is -2.32. The molecule has 0 radical (unpaired) electrons. The van der Waals surface area contributed by atoms with Crippen molar-refractivity contribution in [1.29, 1.82) is 0 Å². The summed E-state index contributed by atoms with van der Waals surface area (Å²) in [7, 11) is 0. The summed E-state index contributed by atoms with van der Waals surface area (Å²) in [6.45, 7) is 3.41. The van der Waals surface area contributed by atoms with Crippen molar-refractivity contribution in [3.63, 3.8) is 0 Å². The van der Waals surface area contributed by atoms with Gasteiger partial charge in [0.05, 0.1) is 12.1 Å². The zero-order valence-corrected chi connectivity index (χ0v) is 16.9. The van der Waals surface area contributed by atoms with Crippen LogP contribution in [-0.4, -0.2) is 21.9 Å². The SMILES string of the molecule is CCCCN(Cc1cccn1Cc1cccc(C(F)(F)F)c1)C(=O)c1ccccc1. The van der Waals surface area contributed by atoms with Crippen LogP contribution < -0.4 is 0 Å². The van der Waals surface area contributed by atoms with Gasteiger partial charge in [-0.1, -0.05) is 43.7 Å². The molecule has 0 aliphatic rings. The average Bonchev–Trinajstić information content (AvgIpc) is 3.17. The van der Waals surface area contributed by atoms with Crippen LogP contribution in [0.5, 0.6) is 0 Å². The van der Waals surface area contributed by atoms with Crippen LogP contribution in [0.4, 0.5) is 13.2 Å². The summed E-state index contributed by atoms with van der Waals surface area (Å²) in [6.07, 6.45) is -0.689. The Bertz CT molecular complexity index is 964. The molecule has 0 aliphatic heterocycles. The maximum Gasteiger partial charge on any atom is 0.416 e. The number of hydrogen-bond acceptors (Lipinski definition) is 1. The van der Waals surface area contributed by atoms with Crippen LogP contribution in [0.3, 0.4) is 0 Å². The van der Waals surface area contributed by atoms with E-state index in [-0.39, 0.29) is 5.91 Å². The fourth-order valence-corrected chi connectivity index (χ4v) is 3.35. The summed E-state index contributed by atoms with van der Waals surface area (Å²) in [5, 5.41) is 0. The van der Waals surface area contributed by atoms with E-state index in [0.29, 0.717) is 30.8 Å². The van der Waals surface area contributed by atoms with E-state index in [1.165, 1.54) is 12.1 Å². The molecule has 1 heterocycles. The van der Waals surface area contributed by atoms with Crippen molar-refractivity contribution in [2.24, 2.45) is 0 Å². The number of unbranched alkanes of at least 4 members (excludes halogenated alkanes) is 1. The van der Waals surface area contributed by atoms with Gasteiger partial charge in [-0.25, -0.2) is 0 Å². The van der Waals surface area contributed by atoms with E-state index in [4.69, 9.17) is 0 Å². The maximum absolute atomic E-state index is 13.0. The first-order chi connectivity index (χ1) is 14.4. The summed E-state index contributed by atoms with van der Waals surface area (Å²) >= 11 is 0. The third-order valence-electron chi connectivity index (χ3n) is 4.97. The first-order valence-electron chi connectivity index (χ1n) is 10.0. The maximum atomic E-state index is 13.0. The lowest BCUT2D eigenvalue weighted by Gasteiger charge is -2.24. The molecule has 6 heteroatoms. The van der Waals surface area contributed by atoms with Gasteiger partial charge in [-0.3, -0.25) is 4.79 Å². The molecule has 158 valence electrons. The Balaban J connectivity index is 1.79. The summed E-state index contributed by atoms with van der Waals surface area (Å²) in [5.41, 5.74) is 1.42. The molecule has 3 nitrogen and oxygen atoms in total. The fourth-order valence-electron chi connectivity index (χ4n) is 3.35. The highest BCUT2D eigenvalue weighted by atomic mass is 19.4. The normalized spacial score (nSPS) is 11.5. The number of amides is 1. The number of alkyl halides is 3. The van der Waals surface area contributed by atoms with Crippen molar-refractivity contribution >= 4 is 5.91 Å². The molecule has 0 atom stereocenters. The first kappa shape index (κ1) is 21.7. The van der Waals surface area contributed by atoms with Gasteiger partial charge in [0.2, 0.25) is 0 Å². The monoisotopic (exact) mass is 414 g/mol. The Morgan fingerprint density at radius 3 is 2.47 bits per heavy atom. The minimum absolute atomic E-state index is 0.0455. The molecular formula is C24H25F3N2O. The average molecular weight is 414 g/mol. The highest BCUT2D eigenvalue weighted by molar-refractivity contribution is 5.94. The second-order valence-corrected chi connectivity index (χ2v) is 7.27. The molecule has 0 aliphatic carbocycles. The van der Waals surface area contributed by atoms with Crippen molar-refractivity contribution in [3.8, 4) is 0 Å². The molecule has 0 unspecified atom stereocenters. The molecular weight excluding hydrogens is 389 g/mol. The van der Waals surface area contributed by atoms with Crippen molar-refractivity contribution in [1.82, 2.24) is 9.47 Å². The molecule has 0 spiro atoms. The zero-order valence-electron chi connectivity index (χ0n) is 16.9. The van der Waals surface area contributed by atoms with Crippen LogP contribution in [0.25, 0.3) is 0 Å². The summed E-state index contributed by atoms with van der Waals surface area (Å²) < 4.78 is 40.9. The first-order valence-corrected chi connectivity index (χ1v) is 10.0. The number of carbonyl (C=O) groups is 1. The number of carbonyl (C=O) groups excluding carboxylic acids is 1. The number of rotatable bonds is 8. The van der Waals surface area contributed by atoms with E-state index in [9.17, 15) is 18.0 Å². The Morgan fingerprint density at radius 2 is 1.77 bits per heavy atom. The van der Waals surface area contributed by atoms with Crippen LogP contribution >= 0.6 is 0 Å². The third kappa shape index (κ3) is 5.53. The molecule has 1 amide bonds. The lowest BCUT2D eigenvalue weighted by atomic mass is 10.1. The van der Waals surface area contributed by atoms with Crippen LogP contribution in [-0.2, 0) is 19.3 Å². The molecule has 3 rings (SSSR count). The fraction of sp³-hybridized carbons (Fsp3) is 0.292. The van der Waals surface area contributed by atoms with Crippen molar-refractivity contribution in [2.75, 3.05) is 6.54 Å². The number of nitrogens with zero attached hydrogens (tertiary/aromatic N) is 2. The molecule has 0 N–H and O–H groups in total. The van der Waals surface area contributed by atoms with Gasteiger partial charge in [0.1, 0.15) is 0 Å². The number of halogens is 3. The van der Waals surface area contributed by atoms with Gasteiger partial charge in [0, 0.05) is 30.5 Å². The van der Waals surface area contributed by atoms with E-state index < -0.39 is 11.7 Å².